The third kappa shape index (κ3) is 18.4. The van der Waals surface area contributed by atoms with Crippen LogP contribution in [0.2, 0.25) is 0 Å². The number of carbonyl (C=O) groups excluding carboxylic acids is 3. The van der Waals surface area contributed by atoms with Crippen molar-refractivity contribution in [1.82, 2.24) is 66.3 Å². The average molecular weight is 1020 g/mol. The number of hydrogen-bond acceptors (Lipinski definition) is 13. The SMILES string of the molecule is CCC.CCNC(=O)NC(N)=Nc1ccc(-c2cccnc2)cc1-c1cc(CN(C)C)ccn1.CCNC(=O)Nc1nc2c(-c3ccccn3)cc(-c3cncc(C(=O)NCCN4CCOCC4)c3)cc2[nH]1.CNC. The first kappa shape index (κ1) is 57.7. The number of imidazole rings is 1. The fourth-order valence-corrected chi connectivity index (χ4v) is 7.47. The van der Waals surface area contributed by atoms with Crippen LogP contribution in [0.1, 0.15) is 50.0 Å². The Kier molecular flexibility index (Phi) is 23.7. The van der Waals surface area contributed by atoms with Crippen molar-refractivity contribution < 1.29 is 19.1 Å². The molecule has 0 aliphatic carbocycles. The van der Waals surface area contributed by atoms with Gasteiger partial charge in [0, 0.05) is 105 Å². The van der Waals surface area contributed by atoms with Crippen LogP contribution in [-0.2, 0) is 11.3 Å². The summed E-state index contributed by atoms with van der Waals surface area (Å²) in [5.41, 5.74) is 16.3. The molecule has 0 atom stereocenters. The van der Waals surface area contributed by atoms with Gasteiger partial charge in [0.1, 0.15) is 0 Å². The summed E-state index contributed by atoms with van der Waals surface area (Å²) in [5, 5.41) is 16.3. The van der Waals surface area contributed by atoms with Crippen molar-refractivity contribution in [3.05, 3.63) is 127 Å². The first-order valence-corrected chi connectivity index (χ1v) is 25.1. The van der Waals surface area contributed by atoms with Crippen LogP contribution in [0, 0.1) is 0 Å². The van der Waals surface area contributed by atoms with Crippen LogP contribution >= 0.6 is 0 Å². The lowest BCUT2D eigenvalue weighted by molar-refractivity contribution is 0.0383. The van der Waals surface area contributed by atoms with E-state index in [9.17, 15) is 14.4 Å². The first-order chi connectivity index (χ1) is 36.4. The highest BCUT2D eigenvalue weighted by Crippen LogP contribution is 2.35. The number of carbonyl (C=O) groups is 3. The Morgan fingerprint density at radius 1 is 0.747 bits per heavy atom. The number of H-pyrrole nitrogens is 1. The maximum atomic E-state index is 12.9. The number of aromatic nitrogens is 6. The Balaban J connectivity index is 0.000000256. The van der Waals surface area contributed by atoms with Gasteiger partial charge in [0.05, 0.1) is 46.9 Å². The van der Waals surface area contributed by atoms with Crippen molar-refractivity contribution in [3.63, 3.8) is 0 Å². The molecule has 20 nitrogen and oxygen atoms in total. The number of benzene rings is 2. The molecule has 0 radical (unpaired) electrons. The van der Waals surface area contributed by atoms with Gasteiger partial charge in [0.15, 0.2) is 0 Å². The Labute approximate surface area is 439 Å². The van der Waals surface area contributed by atoms with E-state index < -0.39 is 6.03 Å². The van der Waals surface area contributed by atoms with Crippen molar-refractivity contribution in [2.45, 2.75) is 40.7 Å². The minimum absolute atomic E-state index is 0.00535. The van der Waals surface area contributed by atoms with Gasteiger partial charge in [-0.25, -0.2) is 19.6 Å². The number of fused-ring (bicyclic) bond motifs is 1. The molecule has 75 heavy (non-hydrogen) atoms. The number of ether oxygens (including phenoxy) is 1. The van der Waals surface area contributed by atoms with E-state index in [1.54, 1.807) is 31.0 Å². The zero-order valence-corrected chi connectivity index (χ0v) is 44.3. The summed E-state index contributed by atoms with van der Waals surface area (Å²) in [6.07, 6.45) is 11.6. The maximum Gasteiger partial charge on any atom is 0.321 e. The lowest BCUT2D eigenvalue weighted by Crippen LogP contribution is -2.43. The minimum atomic E-state index is -0.400. The quantitative estimate of drug-likeness (QED) is 0.0394. The number of anilines is 1. The third-order valence-electron chi connectivity index (χ3n) is 10.7. The topological polar surface area (TPSA) is 258 Å². The number of amides is 5. The van der Waals surface area contributed by atoms with E-state index in [2.05, 4.69) is 90.4 Å². The van der Waals surface area contributed by atoms with E-state index in [4.69, 9.17) is 10.5 Å². The second-order valence-corrected chi connectivity index (χ2v) is 17.3. The largest absolute Gasteiger partial charge is 0.379 e. The molecule has 8 rings (SSSR count). The lowest BCUT2D eigenvalue weighted by Gasteiger charge is -2.26. The second-order valence-electron chi connectivity index (χ2n) is 17.3. The van der Waals surface area contributed by atoms with Gasteiger partial charge in [-0.3, -0.25) is 40.3 Å². The van der Waals surface area contributed by atoms with Crippen LogP contribution in [0.15, 0.2) is 121 Å². The number of pyridine rings is 4. The highest BCUT2D eigenvalue weighted by atomic mass is 16.5. The average Bonchev–Trinajstić information content (AvgIpc) is 3.82. The zero-order chi connectivity index (χ0) is 54.0. The Morgan fingerprint density at radius 3 is 2.16 bits per heavy atom. The summed E-state index contributed by atoms with van der Waals surface area (Å²) in [5.74, 6) is 0.158. The van der Waals surface area contributed by atoms with E-state index >= 15 is 0 Å². The number of rotatable bonds is 14. The summed E-state index contributed by atoms with van der Waals surface area (Å²) >= 11 is 0. The number of hydrogen-bond donors (Lipinski definition) is 8. The van der Waals surface area contributed by atoms with Crippen molar-refractivity contribution >= 4 is 46.6 Å². The maximum absolute atomic E-state index is 12.9. The van der Waals surface area contributed by atoms with E-state index in [0.29, 0.717) is 42.4 Å². The number of nitrogens with two attached hydrogens (primary N) is 1. The van der Waals surface area contributed by atoms with Crippen molar-refractivity contribution in [2.24, 2.45) is 10.7 Å². The van der Waals surface area contributed by atoms with Crippen LogP contribution in [-0.4, -0.2) is 144 Å². The molecule has 6 heterocycles. The lowest BCUT2D eigenvalue weighted by atomic mass is 10.00. The first-order valence-electron chi connectivity index (χ1n) is 25.1. The fourth-order valence-electron chi connectivity index (χ4n) is 7.47. The number of aliphatic imine (C=N–C) groups is 1. The molecule has 9 N–H and O–H groups in total. The third-order valence-corrected chi connectivity index (χ3v) is 10.7. The molecule has 0 unspecified atom stereocenters. The van der Waals surface area contributed by atoms with Gasteiger partial charge < -0.3 is 41.6 Å². The molecule has 0 bridgehead atoms. The number of aromatic amines is 1. The molecule has 7 aromatic rings. The van der Waals surface area contributed by atoms with Crippen molar-refractivity contribution in [3.8, 4) is 44.8 Å². The Morgan fingerprint density at radius 2 is 1.47 bits per heavy atom. The molecule has 0 spiro atoms. The predicted molar refractivity (Wildman–Crippen MR) is 300 cm³/mol. The van der Waals surface area contributed by atoms with Gasteiger partial charge in [0.25, 0.3) is 5.91 Å². The molecule has 2 aromatic carbocycles. The normalized spacial score (nSPS) is 12.2. The molecule has 1 aliphatic heterocycles. The standard InChI is InChI=1S/C27H30N8O3.C23H27N7O.C3H8.C2H7N/c1-2-29-27(37)34-26-32-23-15-18(14-21(24(23)33-26)22-5-3-4-6-30-22)19-13-20(17-28-16-19)25(36)31-7-8-35-9-11-38-12-10-35;1-4-26-23(31)29-22(24)28-20-8-7-17(18-6-5-10-25-14-18)13-19(20)21-12-16(9-11-27-21)15-30(2)3;2*1-3-2/h3-6,13-17H,2,7-12H2,1H3,(H,31,36)(H3,29,32,33,34,37);5-14H,4,15H2,1-3H3,(H4,24,26,28,29,31);3H2,1-2H3;3H,1-2H3. The summed E-state index contributed by atoms with van der Waals surface area (Å²) < 4.78 is 5.37. The van der Waals surface area contributed by atoms with E-state index in [0.717, 1.165) is 95.2 Å². The molecule has 1 saturated heterocycles. The van der Waals surface area contributed by atoms with Gasteiger partial charge in [-0.15, -0.1) is 0 Å². The van der Waals surface area contributed by atoms with E-state index in [-0.39, 0.29) is 17.9 Å². The van der Waals surface area contributed by atoms with Crippen LogP contribution in [0.25, 0.3) is 55.8 Å². The molecule has 20 heteroatoms. The molecule has 396 valence electrons. The van der Waals surface area contributed by atoms with Gasteiger partial charge in [-0.05, 0) is 119 Å². The number of nitrogens with one attached hydrogen (secondary N) is 7. The summed E-state index contributed by atoms with van der Waals surface area (Å²) in [4.78, 5) is 70.9. The van der Waals surface area contributed by atoms with Gasteiger partial charge in [-0.2, -0.15) is 0 Å². The molecule has 5 amide bonds. The predicted octanol–water partition coefficient (Wildman–Crippen LogP) is 7.28. The van der Waals surface area contributed by atoms with Gasteiger partial charge in [0.2, 0.25) is 11.9 Å². The number of urea groups is 2. The number of morpholine rings is 1. The Hall–Kier alpha value is -8.17. The number of guanidine groups is 1. The monoisotopic (exact) mass is 1020 g/mol. The second kappa shape index (κ2) is 30.8. The zero-order valence-electron chi connectivity index (χ0n) is 44.3. The molecule has 5 aromatic heterocycles. The fraction of sp³-hybridized carbons (Fsp3) is 0.327. The molecule has 1 fully saturated rings. The highest BCUT2D eigenvalue weighted by molar-refractivity contribution is 6.00. The van der Waals surface area contributed by atoms with Crippen LogP contribution in [0.4, 0.5) is 21.2 Å². The molecule has 0 saturated carbocycles. The van der Waals surface area contributed by atoms with E-state index in [1.807, 2.05) is 127 Å². The smallest absolute Gasteiger partial charge is 0.321 e. The summed E-state index contributed by atoms with van der Waals surface area (Å²) in [7, 11) is 7.79. The highest BCUT2D eigenvalue weighted by Gasteiger charge is 2.17. The van der Waals surface area contributed by atoms with Crippen LogP contribution in [0.3, 0.4) is 0 Å². The molecular weight excluding hydrogens is 949 g/mol. The van der Waals surface area contributed by atoms with Gasteiger partial charge >= 0.3 is 12.1 Å². The molecule has 1 aliphatic rings. The summed E-state index contributed by atoms with van der Waals surface area (Å²) in [6, 6.07) is 24.4. The summed E-state index contributed by atoms with van der Waals surface area (Å²) in [6.45, 7) is 14.2. The molecular formula is C55H72N16O4. The van der Waals surface area contributed by atoms with E-state index in [1.165, 1.54) is 6.42 Å². The van der Waals surface area contributed by atoms with Crippen molar-refractivity contribution in [1.29, 1.82) is 0 Å². The van der Waals surface area contributed by atoms with Crippen LogP contribution < -0.4 is 37.6 Å². The number of nitrogens with zero attached hydrogens (tertiary/aromatic N) is 8. The van der Waals surface area contributed by atoms with Crippen molar-refractivity contribution in [2.75, 3.05) is 86.0 Å². The minimum Gasteiger partial charge on any atom is -0.379 e. The van der Waals surface area contributed by atoms with Crippen LogP contribution in [0.5, 0.6) is 0 Å². The van der Waals surface area contributed by atoms with Gasteiger partial charge in [-0.1, -0.05) is 38.5 Å². The Bertz CT molecular complexity index is 2910.